The molecule has 0 bridgehead atoms. The van der Waals surface area contributed by atoms with Crippen LogP contribution in [0.3, 0.4) is 0 Å². The van der Waals surface area contributed by atoms with Gasteiger partial charge in [0.05, 0.1) is 19.2 Å². The third-order valence-corrected chi connectivity index (χ3v) is 2.25. The van der Waals surface area contributed by atoms with E-state index in [1.807, 2.05) is 13.8 Å². The van der Waals surface area contributed by atoms with Crippen molar-refractivity contribution in [1.29, 1.82) is 0 Å². The summed E-state index contributed by atoms with van der Waals surface area (Å²) >= 11 is 0. The van der Waals surface area contributed by atoms with Crippen molar-refractivity contribution < 1.29 is 23.8 Å². The number of ether oxygens (including phenoxy) is 1. The van der Waals surface area contributed by atoms with E-state index < -0.39 is 5.97 Å². The average Bonchev–Trinajstić information content (AvgIpc) is 2.83. The maximum absolute atomic E-state index is 11.5. The summed E-state index contributed by atoms with van der Waals surface area (Å²) in [4.78, 5) is 22.1. The van der Waals surface area contributed by atoms with Crippen molar-refractivity contribution in [2.75, 3.05) is 13.2 Å². The number of urea groups is 1. The number of aromatic carboxylic acids is 1. The minimum Gasteiger partial charge on any atom is -0.475 e. The van der Waals surface area contributed by atoms with Gasteiger partial charge in [-0.2, -0.15) is 0 Å². The van der Waals surface area contributed by atoms with Crippen molar-refractivity contribution in [3.63, 3.8) is 0 Å². The highest BCUT2D eigenvalue weighted by Crippen LogP contribution is 2.07. The van der Waals surface area contributed by atoms with Crippen molar-refractivity contribution in [2.24, 2.45) is 0 Å². The van der Waals surface area contributed by atoms with Gasteiger partial charge in [-0.05, 0) is 26.0 Å². The lowest BCUT2D eigenvalue weighted by atomic mass is 10.4. The van der Waals surface area contributed by atoms with Gasteiger partial charge in [0, 0.05) is 6.61 Å². The van der Waals surface area contributed by atoms with Crippen LogP contribution in [0.1, 0.15) is 30.2 Å². The number of carboxylic acids is 1. The first-order chi connectivity index (χ1) is 9.02. The predicted octanol–water partition coefficient (Wildman–Crippen LogP) is 1.20. The summed E-state index contributed by atoms with van der Waals surface area (Å²) in [6, 6.07) is 2.38. The zero-order valence-corrected chi connectivity index (χ0v) is 10.9. The number of nitrogens with one attached hydrogen (secondary N) is 2. The van der Waals surface area contributed by atoms with E-state index >= 15 is 0 Å². The van der Waals surface area contributed by atoms with E-state index in [-0.39, 0.29) is 24.4 Å². The Balaban J connectivity index is 2.31. The first kappa shape index (κ1) is 15.0. The molecule has 7 heteroatoms. The van der Waals surface area contributed by atoms with Crippen LogP contribution in [0.15, 0.2) is 16.5 Å². The van der Waals surface area contributed by atoms with Gasteiger partial charge in [0.1, 0.15) is 5.76 Å². The van der Waals surface area contributed by atoms with Gasteiger partial charge in [-0.15, -0.1) is 0 Å². The molecule has 1 aromatic rings. The molecule has 0 aliphatic rings. The molecule has 7 nitrogen and oxygen atoms in total. The third kappa shape index (κ3) is 5.43. The Morgan fingerprint density at radius 2 is 2.21 bits per heavy atom. The largest absolute Gasteiger partial charge is 0.475 e. The third-order valence-electron chi connectivity index (χ3n) is 2.25. The van der Waals surface area contributed by atoms with E-state index in [1.165, 1.54) is 12.1 Å². The van der Waals surface area contributed by atoms with E-state index in [9.17, 15) is 9.59 Å². The number of rotatable bonds is 7. The quantitative estimate of drug-likeness (QED) is 0.691. The fourth-order valence-electron chi connectivity index (χ4n) is 1.37. The standard InChI is InChI=1S/C12H18N2O5/c1-3-18-7-8(2)14-12(17)13-6-9-4-5-10(19-9)11(15)16/h4-5,8H,3,6-7H2,1-2H3,(H,15,16)(H2,13,14,17). The molecule has 0 spiro atoms. The van der Waals surface area contributed by atoms with Gasteiger partial charge in [-0.3, -0.25) is 0 Å². The van der Waals surface area contributed by atoms with Gasteiger partial charge < -0.3 is 24.9 Å². The molecule has 0 saturated heterocycles. The molecule has 1 heterocycles. The van der Waals surface area contributed by atoms with E-state index in [1.54, 1.807) is 0 Å². The monoisotopic (exact) mass is 270 g/mol. The van der Waals surface area contributed by atoms with Crippen LogP contribution in [0.2, 0.25) is 0 Å². The molecule has 0 aliphatic carbocycles. The van der Waals surface area contributed by atoms with E-state index in [2.05, 4.69) is 10.6 Å². The van der Waals surface area contributed by atoms with Crippen molar-refractivity contribution >= 4 is 12.0 Å². The van der Waals surface area contributed by atoms with Gasteiger partial charge in [0.25, 0.3) is 0 Å². The second-order valence-electron chi connectivity index (χ2n) is 3.96. The summed E-state index contributed by atoms with van der Waals surface area (Å²) < 4.78 is 10.2. The fraction of sp³-hybridized carbons (Fsp3) is 0.500. The van der Waals surface area contributed by atoms with Crippen LogP contribution in [0.4, 0.5) is 4.79 Å². The van der Waals surface area contributed by atoms with Crippen LogP contribution in [0.25, 0.3) is 0 Å². The topological polar surface area (TPSA) is 101 Å². The predicted molar refractivity (Wildman–Crippen MR) is 67.0 cm³/mol. The van der Waals surface area contributed by atoms with Crippen LogP contribution in [0.5, 0.6) is 0 Å². The molecule has 0 saturated carbocycles. The Bertz CT molecular complexity index is 430. The molecule has 3 N–H and O–H groups in total. The van der Waals surface area contributed by atoms with Crippen LogP contribution in [-0.2, 0) is 11.3 Å². The first-order valence-corrected chi connectivity index (χ1v) is 5.97. The summed E-state index contributed by atoms with van der Waals surface area (Å²) in [6.45, 7) is 4.86. The number of carboxylic acid groups (broad SMARTS) is 1. The second kappa shape index (κ2) is 7.42. The zero-order valence-electron chi connectivity index (χ0n) is 10.9. The fourth-order valence-corrected chi connectivity index (χ4v) is 1.37. The minimum atomic E-state index is -1.14. The smallest absolute Gasteiger partial charge is 0.371 e. The highest BCUT2D eigenvalue weighted by Gasteiger charge is 2.10. The van der Waals surface area contributed by atoms with Gasteiger partial charge in [0.2, 0.25) is 5.76 Å². The number of hydrogen-bond acceptors (Lipinski definition) is 4. The SMILES string of the molecule is CCOCC(C)NC(=O)NCc1ccc(C(=O)O)o1. The lowest BCUT2D eigenvalue weighted by Crippen LogP contribution is -2.42. The Kier molecular flexibility index (Phi) is 5.87. The van der Waals surface area contributed by atoms with Crippen LogP contribution in [0, 0.1) is 0 Å². The second-order valence-corrected chi connectivity index (χ2v) is 3.96. The molecule has 2 amide bonds. The van der Waals surface area contributed by atoms with Crippen molar-refractivity contribution in [1.82, 2.24) is 10.6 Å². The molecule has 1 atom stereocenters. The van der Waals surface area contributed by atoms with Gasteiger partial charge in [-0.25, -0.2) is 9.59 Å². The first-order valence-electron chi connectivity index (χ1n) is 5.97. The highest BCUT2D eigenvalue weighted by molar-refractivity contribution is 5.84. The summed E-state index contributed by atoms with van der Waals surface area (Å²) in [5.41, 5.74) is 0. The Hall–Kier alpha value is -2.02. The van der Waals surface area contributed by atoms with Crippen LogP contribution < -0.4 is 10.6 Å². The van der Waals surface area contributed by atoms with E-state index in [0.717, 1.165) is 0 Å². The molecule has 106 valence electrons. The van der Waals surface area contributed by atoms with Gasteiger partial charge in [-0.1, -0.05) is 0 Å². The van der Waals surface area contributed by atoms with Crippen molar-refractivity contribution in [3.05, 3.63) is 23.7 Å². The number of carbonyl (C=O) groups excluding carboxylic acids is 1. The summed E-state index contributed by atoms with van der Waals surface area (Å²) in [6.07, 6.45) is 0. The number of carbonyl (C=O) groups is 2. The van der Waals surface area contributed by atoms with Crippen LogP contribution in [-0.4, -0.2) is 36.4 Å². The molecule has 1 rings (SSSR count). The molecule has 0 aliphatic heterocycles. The molecule has 0 aromatic carbocycles. The molecule has 0 fully saturated rings. The van der Waals surface area contributed by atoms with Crippen molar-refractivity contribution in [2.45, 2.75) is 26.4 Å². The average molecular weight is 270 g/mol. The Morgan fingerprint density at radius 1 is 1.47 bits per heavy atom. The summed E-state index contributed by atoms with van der Waals surface area (Å²) in [5, 5.41) is 13.9. The molecular weight excluding hydrogens is 252 g/mol. The Morgan fingerprint density at radius 3 is 2.79 bits per heavy atom. The molecule has 19 heavy (non-hydrogen) atoms. The molecule has 0 radical (unpaired) electrons. The number of hydrogen-bond donors (Lipinski definition) is 3. The van der Waals surface area contributed by atoms with Gasteiger partial charge in [0.15, 0.2) is 0 Å². The minimum absolute atomic E-state index is 0.105. The highest BCUT2D eigenvalue weighted by atomic mass is 16.5. The lowest BCUT2D eigenvalue weighted by molar-refractivity contribution is 0.0660. The zero-order chi connectivity index (χ0) is 14.3. The van der Waals surface area contributed by atoms with E-state index in [4.69, 9.17) is 14.3 Å². The Labute approximate surface area is 110 Å². The van der Waals surface area contributed by atoms with Gasteiger partial charge >= 0.3 is 12.0 Å². The molecule has 1 unspecified atom stereocenters. The van der Waals surface area contributed by atoms with Crippen LogP contribution >= 0.6 is 0 Å². The van der Waals surface area contributed by atoms with E-state index in [0.29, 0.717) is 19.0 Å². The maximum atomic E-state index is 11.5. The van der Waals surface area contributed by atoms with Crippen molar-refractivity contribution in [3.8, 4) is 0 Å². The summed E-state index contributed by atoms with van der Waals surface area (Å²) in [7, 11) is 0. The lowest BCUT2D eigenvalue weighted by Gasteiger charge is -2.13. The number of furan rings is 1. The maximum Gasteiger partial charge on any atom is 0.371 e. The number of amides is 2. The summed E-state index contributed by atoms with van der Waals surface area (Å²) in [5.74, 6) is -0.909. The molecule has 1 aromatic heterocycles. The normalized spacial score (nSPS) is 11.9. The molecular formula is C12H18N2O5.